The molecule has 0 fully saturated rings. The van der Waals surface area contributed by atoms with Crippen LogP contribution in [0.15, 0.2) is 12.1 Å². The van der Waals surface area contributed by atoms with E-state index >= 15 is 0 Å². The van der Waals surface area contributed by atoms with Crippen LogP contribution in [-0.4, -0.2) is 37.7 Å². The van der Waals surface area contributed by atoms with Gasteiger partial charge in [0.2, 0.25) is 0 Å². The van der Waals surface area contributed by atoms with Crippen molar-refractivity contribution in [1.29, 1.82) is 0 Å². The number of rotatable bonds is 4. The normalized spacial score (nSPS) is 9.60. The third-order valence-corrected chi connectivity index (χ3v) is 1.96. The maximum Gasteiger partial charge on any atom is 0.488 e. The van der Waals surface area contributed by atoms with Gasteiger partial charge in [0.25, 0.3) is 0 Å². The Morgan fingerprint density at radius 2 is 1.93 bits per heavy atom. The maximum atomic E-state index is 10.7. The van der Waals surface area contributed by atoms with E-state index in [1.165, 1.54) is 26.4 Å². The second kappa shape index (κ2) is 4.81. The summed E-state index contributed by atoms with van der Waals surface area (Å²) < 4.78 is 9.94. The summed E-state index contributed by atoms with van der Waals surface area (Å²) >= 11 is 0. The van der Waals surface area contributed by atoms with Crippen LogP contribution in [0.2, 0.25) is 0 Å². The molecule has 0 bridgehead atoms. The standard InChI is InChI=1S/C9H11BO5/c1-14-8-4-7(10(12)13)3-6(5-11)9(8)15-2/h3-5,12-13H,1-2H3. The van der Waals surface area contributed by atoms with Gasteiger partial charge in [-0.1, -0.05) is 0 Å². The van der Waals surface area contributed by atoms with E-state index in [1.54, 1.807) is 0 Å². The van der Waals surface area contributed by atoms with Gasteiger partial charge in [0.05, 0.1) is 19.8 Å². The second-order valence-corrected chi connectivity index (χ2v) is 2.84. The molecule has 0 aliphatic rings. The molecule has 2 N–H and O–H groups in total. The summed E-state index contributed by atoms with van der Waals surface area (Å²) in [6.07, 6.45) is 0.563. The molecule has 0 spiro atoms. The van der Waals surface area contributed by atoms with Gasteiger partial charge in [-0.15, -0.1) is 0 Å². The van der Waals surface area contributed by atoms with Crippen molar-refractivity contribution >= 4 is 18.9 Å². The van der Waals surface area contributed by atoms with Crippen LogP contribution in [0.5, 0.6) is 11.5 Å². The first-order valence-electron chi connectivity index (χ1n) is 4.21. The lowest BCUT2D eigenvalue weighted by molar-refractivity contribution is 0.112. The molecule has 0 atom stereocenters. The minimum absolute atomic E-state index is 0.176. The molecule has 0 aliphatic heterocycles. The average Bonchev–Trinajstić information content (AvgIpc) is 2.26. The summed E-state index contributed by atoms with van der Waals surface area (Å²) in [7, 11) is 1.16. The first kappa shape index (κ1) is 11.5. The van der Waals surface area contributed by atoms with Gasteiger partial charge in [-0.3, -0.25) is 4.79 Å². The molecule has 0 saturated carbocycles. The molecule has 0 radical (unpaired) electrons. The minimum atomic E-state index is -1.65. The fourth-order valence-electron chi connectivity index (χ4n) is 1.25. The fraction of sp³-hybridized carbons (Fsp3) is 0.222. The Morgan fingerprint density at radius 1 is 1.27 bits per heavy atom. The third kappa shape index (κ3) is 2.29. The Labute approximate surface area is 87.4 Å². The zero-order chi connectivity index (χ0) is 11.4. The number of hydrogen-bond donors (Lipinski definition) is 2. The fourth-order valence-corrected chi connectivity index (χ4v) is 1.25. The zero-order valence-electron chi connectivity index (χ0n) is 8.43. The number of methoxy groups -OCH3 is 2. The van der Waals surface area contributed by atoms with Gasteiger partial charge in [0, 0.05) is 0 Å². The van der Waals surface area contributed by atoms with E-state index in [1.807, 2.05) is 0 Å². The molecule has 0 aliphatic carbocycles. The van der Waals surface area contributed by atoms with Crippen molar-refractivity contribution < 1.29 is 24.3 Å². The largest absolute Gasteiger partial charge is 0.493 e. The van der Waals surface area contributed by atoms with Crippen LogP contribution in [-0.2, 0) is 0 Å². The third-order valence-electron chi connectivity index (χ3n) is 1.96. The molecule has 0 saturated heterocycles. The highest BCUT2D eigenvalue weighted by molar-refractivity contribution is 6.58. The monoisotopic (exact) mass is 210 g/mol. The van der Waals surface area contributed by atoms with Crippen LogP contribution in [0.1, 0.15) is 10.4 Å². The van der Waals surface area contributed by atoms with E-state index in [0.29, 0.717) is 6.29 Å². The van der Waals surface area contributed by atoms with E-state index in [2.05, 4.69) is 0 Å². The molecule has 0 aromatic heterocycles. The second-order valence-electron chi connectivity index (χ2n) is 2.84. The number of ether oxygens (including phenoxy) is 2. The topological polar surface area (TPSA) is 76.0 Å². The molecule has 0 unspecified atom stereocenters. The number of carbonyl (C=O) groups excluding carboxylic acids is 1. The van der Waals surface area contributed by atoms with E-state index in [-0.39, 0.29) is 22.5 Å². The molecule has 1 aromatic carbocycles. The molecular weight excluding hydrogens is 199 g/mol. The van der Waals surface area contributed by atoms with Gasteiger partial charge >= 0.3 is 7.12 Å². The smallest absolute Gasteiger partial charge is 0.488 e. The van der Waals surface area contributed by atoms with E-state index < -0.39 is 7.12 Å². The molecular formula is C9H11BO5. The highest BCUT2D eigenvalue weighted by Gasteiger charge is 2.18. The van der Waals surface area contributed by atoms with E-state index in [9.17, 15) is 4.79 Å². The Hall–Kier alpha value is -1.53. The predicted octanol–water partition coefficient (Wildman–Crippen LogP) is -0.804. The summed E-state index contributed by atoms with van der Waals surface area (Å²) in [4.78, 5) is 10.7. The van der Waals surface area contributed by atoms with Gasteiger partial charge in [-0.05, 0) is 17.6 Å². The minimum Gasteiger partial charge on any atom is -0.493 e. The summed E-state index contributed by atoms with van der Waals surface area (Å²) in [5.74, 6) is 0.558. The zero-order valence-corrected chi connectivity index (χ0v) is 8.43. The van der Waals surface area contributed by atoms with Crippen molar-refractivity contribution in [1.82, 2.24) is 0 Å². The Kier molecular flexibility index (Phi) is 3.71. The van der Waals surface area contributed by atoms with Crippen LogP contribution in [0.25, 0.3) is 0 Å². The van der Waals surface area contributed by atoms with Gasteiger partial charge in [0.15, 0.2) is 17.8 Å². The molecule has 5 nitrogen and oxygen atoms in total. The van der Waals surface area contributed by atoms with Gasteiger partial charge < -0.3 is 19.5 Å². The number of benzene rings is 1. The van der Waals surface area contributed by atoms with Crippen molar-refractivity contribution in [2.75, 3.05) is 14.2 Å². The molecule has 80 valence electrons. The van der Waals surface area contributed by atoms with Gasteiger partial charge in [-0.2, -0.15) is 0 Å². The lowest BCUT2D eigenvalue weighted by atomic mass is 9.79. The Balaban J connectivity index is 3.35. The van der Waals surface area contributed by atoms with Crippen LogP contribution in [0.4, 0.5) is 0 Å². The van der Waals surface area contributed by atoms with Crippen molar-refractivity contribution in [3.8, 4) is 11.5 Å². The molecule has 15 heavy (non-hydrogen) atoms. The predicted molar refractivity (Wildman–Crippen MR) is 54.8 cm³/mol. The van der Waals surface area contributed by atoms with Crippen molar-refractivity contribution in [2.45, 2.75) is 0 Å². The Bertz CT molecular complexity index is 364. The molecule has 1 aromatic rings. The highest BCUT2D eigenvalue weighted by Crippen LogP contribution is 2.28. The average molecular weight is 210 g/mol. The summed E-state index contributed by atoms with van der Waals surface area (Å²) in [6, 6.07) is 2.73. The Morgan fingerprint density at radius 3 is 2.33 bits per heavy atom. The molecule has 0 amide bonds. The summed E-state index contributed by atoms with van der Waals surface area (Å²) in [6.45, 7) is 0. The summed E-state index contributed by atoms with van der Waals surface area (Å²) in [5, 5.41) is 17.9. The van der Waals surface area contributed by atoms with Crippen LogP contribution < -0.4 is 14.9 Å². The van der Waals surface area contributed by atoms with Crippen LogP contribution in [0, 0.1) is 0 Å². The molecule has 6 heteroatoms. The number of carbonyl (C=O) groups is 1. The maximum absolute atomic E-state index is 10.7. The van der Waals surface area contributed by atoms with Crippen LogP contribution >= 0.6 is 0 Å². The van der Waals surface area contributed by atoms with Crippen molar-refractivity contribution in [3.63, 3.8) is 0 Å². The number of aldehydes is 1. The lowest BCUT2D eigenvalue weighted by Crippen LogP contribution is -2.30. The van der Waals surface area contributed by atoms with E-state index in [0.717, 1.165) is 0 Å². The van der Waals surface area contributed by atoms with Gasteiger partial charge in [-0.25, -0.2) is 0 Å². The lowest BCUT2D eigenvalue weighted by Gasteiger charge is -2.11. The van der Waals surface area contributed by atoms with Crippen LogP contribution in [0.3, 0.4) is 0 Å². The quantitative estimate of drug-likeness (QED) is 0.502. The van der Waals surface area contributed by atoms with Crippen molar-refractivity contribution in [2.24, 2.45) is 0 Å². The highest BCUT2D eigenvalue weighted by atomic mass is 16.5. The SMILES string of the molecule is COc1cc(B(O)O)cc(C=O)c1OC. The molecule has 1 rings (SSSR count). The first-order chi connectivity index (χ1) is 7.13. The molecule has 0 heterocycles. The first-order valence-corrected chi connectivity index (χ1v) is 4.21. The summed E-state index contributed by atoms with van der Waals surface area (Å²) in [5.41, 5.74) is 0.384. The van der Waals surface area contributed by atoms with Gasteiger partial charge in [0.1, 0.15) is 0 Å². The van der Waals surface area contributed by atoms with Crippen molar-refractivity contribution in [3.05, 3.63) is 17.7 Å². The van der Waals surface area contributed by atoms with E-state index in [4.69, 9.17) is 19.5 Å². The number of hydrogen-bond acceptors (Lipinski definition) is 5.